The van der Waals surface area contributed by atoms with E-state index in [4.69, 9.17) is 5.41 Å². The van der Waals surface area contributed by atoms with Crippen LogP contribution >= 0.6 is 0 Å². The van der Waals surface area contributed by atoms with Crippen molar-refractivity contribution in [3.05, 3.63) is 47.2 Å². The van der Waals surface area contributed by atoms with Gasteiger partial charge in [-0.2, -0.15) is 26.3 Å². The van der Waals surface area contributed by atoms with Gasteiger partial charge in [-0.15, -0.1) is 0 Å². The number of hydrogen-bond donors (Lipinski definition) is 2. The van der Waals surface area contributed by atoms with Crippen LogP contribution < -0.4 is 5.32 Å². The van der Waals surface area contributed by atoms with Gasteiger partial charge in [-0.1, -0.05) is 0 Å². The number of carbonyl (C=O) groups excluding carboxylic acids is 1. The quantitative estimate of drug-likeness (QED) is 0.452. The molecule has 0 spiro atoms. The zero-order valence-electron chi connectivity index (χ0n) is 12.8. The molecule has 0 heterocycles. The molecule has 2 N–H and O–H groups in total. The summed E-state index contributed by atoms with van der Waals surface area (Å²) in [7, 11) is 0. The largest absolute Gasteiger partial charge is 0.416 e. The number of aldehydes is 1. The Morgan fingerprint density at radius 1 is 1.08 bits per heavy atom. The number of alkyl halides is 6. The molecule has 1 fully saturated rings. The van der Waals surface area contributed by atoms with Gasteiger partial charge in [0.1, 0.15) is 6.29 Å². The molecule has 1 aromatic rings. The summed E-state index contributed by atoms with van der Waals surface area (Å²) in [5, 5.41) is 10.4. The van der Waals surface area contributed by atoms with Crippen LogP contribution in [0.1, 0.15) is 29.5 Å². The highest BCUT2D eigenvalue weighted by molar-refractivity contribution is 6.06. The number of allylic oxidation sites excluding steroid dienone is 1. The van der Waals surface area contributed by atoms with E-state index in [0.717, 1.165) is 25.2 Å². The van der Waals surface area contributed by atoms with Crippen LogP contribution in [0.5, 0.6) is 0 Å². The van der Waals surface area contributed by atoms with Crippen LogP contribution in [0.4, 0.5) is 26.3 Å². The lowest BCUT2D eigenvalue weighted by molar-refractivity contribution is -0.143. The summed E-state index contributed by atoms with van der Waals surface area (Å²) >= 11 is 0. The first-order valence-corrected chi connectivity index (χ1v) is 7.22. The minimum atomic E-state index is -4.96. The molecular weight excluding hydrogens is 350 g/mol. The summed E-state index contributed by atoms with van der Waals surface area (Å²) in [5.41, 5.74) is -4.41. The summed E-state index contributed by atoms with van der Waals surface area (Å²) in [6.45, 7) is 0.302. The van der Waals surface area contributed by atoms with Gasteiger partial charge in [0.25, 0.3) is 0 Å². The molecule has 0 amide bonds. The van der Waals surface area contributed by atoms with Crippen molar-refractivity contribution in [2.75, 3.05) is 6.54 Å². The Bertz CT molecular complexity index is 669. The van der Waals surface area contributed by atoms with Gasteiger partial charge < -0.3 is 15.5 Å². The molecule has 0 saturated heterocycles. The van der Waals surface area contributed by atoms with Crippen molar-refractivity contribution in [3.8, 4) is 0 Å². The number of carbonyl (C=O) groups is 1. The minimum Gasteiger partial charge on any atom is -0.390 e. The molecule has 0 atom stereocenters. The molecule has 136 valence electrons. The molecular formula is C16H14F6N2O. The number of nitrogens with one attached hydrogen (secondary N) is 2. The monoisotopic (exact) mass is 364 g/mol. The van der Waals surface area contributed by atoms with Crippen LogP contribution in [-0.4, -0.2) is 18.5 Å². The third-order valence-electron chi connectivity index (χ3n) is 3.86. The Morgan fingerprint density at radius 2 is 1.60 bits per heavy atom. The minimum absolute atomic E-state index is 0.0136. The van der Waals surface area contributed by atoms with Crippen molar-refractivity contribution >= 4 is 12.0 Å². The van der Waals surface area contributed by atoms with Crippen molar-refractivity contribution in [1.29, 1.82) is 5.41 Å². The van der Waals surface area contributed by atoms with Gasteiger partial charge in [-0.25, -0.2) is 0 Å². The van der Waals surface area contributed by atoms with E-state index in [0.29, 0.717) is 18.7 Å². The van der Waals surface area contributed by atoms with Crippen molar-refractivity contribution in [2.24, 2.45) is 5.41 Å². The van der Waals surface area contributed by atoms with Gasteiger partial charge in [0.15, 0.2) is 0 Å². The molecule has 0 aromatic heterocycles. The zero-order valence-corrected chi connectivity index (χ0v) is 12.8. The van der Waals surface area contributed by atoms with Crippen molar-refractivity contribution in [1.82, 2.24) is 5.32 Å². The van der Waals surface area contributed by atoms with Crippen LogP contribution in [0, 0.1) is 10.8 Å². The molecule has 9 heteroatoms. The molecule has 3 nitrogen and oxygen atoms in total. The Kier molecular flexibility index (Phi) is 4.97. The predicted octanol–water partition coefficient (Wildman–Crippen LogP) is 4.17. The second kappa shape index (κ2) is 6.53. The number of rotatable bonds is 6. The summed E-state index contributed by atoms with van der Waals surface area (Å²) in [6.07, 6.45) is -5.38. The maximum absolute atomic E-state index is 12.8. The van der Waals surface area contributed by atoms with Crippen molar-refractivity contribution in [3.63, 3.8) is 0 Å². The van der Waals surface area contributed by atoms with E-state index < -0.39 is 40.2 Å². The first-order chi connectivity index (χ1) is 11.5. The molecule has 0 bridgehead atoms. The molecule has 25 heavy (non-hydrogen) atoms. The summed E-state index contributed by atoms with van der Waals surface area (Å²) in [4.78, 5) is 10.8. The van der Waals surface area contributed by atoms with E-state index in [2.05, 4.69) is 5.32 Å². The molecule has 0 radical (unpaired) electrons. The zero-order chi connectivity index (χ0) is 18.9. The van der Waals surface area contributed by atoms with E-state index in [-0.39, 0.29) is 6.07 Å². The Balaban J connectivity index is 2.18. The first kappa shape index (κ1) is 19.0. The molecule has 1 aliphatic carbocycles. The highest BCUT2D eigenvalue weighted by Gasteiger charge is 2.42. The van der Waals surface area contributed by atoms with E-state index in [1.165, 1.54) is 6.20 Å². The normalized spacial score (nSPS) is 16.7. The van der Waals surface area contributed by atoms with Crippen molar-refractivity contribution < 1.29 is 31.1 Å². The summed E-state index contributed by atoms with van der Waals surface area (Å²) in [6, 6.07) is 1.01. The smallest absolute Gasteiger partial charge is 0.390 e. The summed E-state index contributed by atoms with van der Waals surface area (Å²) < 4.78 is 76.7. The van der Waals surface area contributed by atoms with Crippen LogP contribution in [-0.2, 0) is 17.1 Å². The fourth-order valence-corrected chi connectivity index (χ4v) is 2.11. The fraction of sp³-hybridized carbons (Fsp3) is 0.375. The van der Waals surface area contributed by atoms with Gasteiger partial charge in [0, 0.05) is 17.5 Å². The molecule has 0 aliphatic heterocycles. The lowest BCUT2D eigenvalue weighted by Gasteiger charge is -2.14. The van der Waals surface area contributed by atoms with Crippen molar-refractivity contribution in [2.45, 2.75) is 25.2 Å². The van der Waals surface area contributed by atoms with Crippen LogP contribution in [0.25, 0.3) is 0 Å². The van der Waals surface area contributed by atoms with E-state index >= 15 is 0 Å². The van der Waals surface area contributed by atoms with Gasteiger partial charge >= 0.3 is 12.4 Å². The van der Waals surface area contributed by atoms with E-state index in [1.54, 1.807) is 0 Å². The number of hydrogen-bond acceptors (Lipinski definition) is 3. The summed E-state index contributed by atoms with van der Waals surface area (Å²) in [5.74, 6) is 0. The number of halogens is 6. The third-order valence-corrected chi connectivity index (χ3v) is 3.86. The van der Waals surface area contributed by atoms with Crippen LogP contribution in [0.15, 0.2) is 30.5 Å². The molecule has 1 saturated carbocycles. The highest BCUT2D eigenvalue weighted by atomic mass is 19.4. The standard InChI is InChI=1S/C16H14F6N2O/c17-15(18,19)11-5-10(6-12(7-11)16(20,21)22)13(23)1-4-24-8-14(9-25)2-3-14/h1,4-7,9,23-24H,2-3,8H2/b4-1-,23-13?. The molecule has 0 unspecified atom stereocenters. The second-order valence-electron chi connectivity index (χ2n) is 5.90. The lowest BCUT2D eigenvalue weighted by Crippen LogP contribution is -2.20. The Labute approximate surface area is 139 Å². The lowest BCUT2D eigenvalue weighted by atomic mass is 10.0. The third kappa shape index (κ3) is 4.83. The highest BCUT2D eigenvalue weighted by Crippen LogP contribution is 2.42. The SMILES string of the molecule is N=C(/C=C\NCC1(C=O)CC1)c1cc(C(F)(F)F)cc(C(F)(F)F)c1. The second-order valence-corrected chi connectivity index (χ2v) is 5.90. The fourth-order valence-electron chi connectivity index (χ4n) is 2.11. The Morgan fingerprint density at radius 3 is 2.00 bits per heavy atom. The average Bonchev–Trinajstić information content (AvgIpc) is 3.30. The molecule has 1 aliphatic rings. The molecule has 2 rings (SSSR count). The number of benzene rings is 1. The van der Waals surface area contributed by atoms with Crippen LogP contribution in [0.3, 0.4) is 0 Å². The van der Waals surface area contributed by atoms with Gasteiger partial charge in [0.2, 0.25) is 0 Å². The van der Waals surface area contributed by atoms with Gasteiger partial charge in [-0.3, -0.25) is 0 Å². The van der Waals surface area contributed by atoms with Gasteiger partial charge in [-0.05, 0) is 43.3 Å². The Hall–Kier alpha value is -2.32. The van der Waals surface area contributed by atoms with Gasteiger partial charge in [0.05, 0.1) is 16.8 Å². The average molecular weight is 364 g/mol. The van der Waals surface area contributed by atoms with E-state index in [9.17, 15) is 31.1 Å². The van der Waals surface area contributed by atoms with E-state index in [1.807, 2.05) is 0 Å². The maximum atomic E-state index is 12.8. The van der Waals surface area contributed by atoms with Crippen LogP contribution in [0.2, 0.25) is 0 Å². The first-order valence-electron chi connectivity index (χ1n) is 7.22. The molecule has 1 aromatic carbocycles. The topological polar surface area (TPSA) is 53.0 Å². The maximum Gasteiger partial charge on any atom is 0.416 e. The predicted molar refractivity (Wildman–Crippen MR) is 78.1 cm³/mol.